The fourth-order valence-electron chi connectivity index (χ4n) is 1.99. The van der Waals surface area contributed by atoms with E-state index in [4.69, 9.17) is 0 Å². The first kappa shape index (κ1) is 14.8. The number of halogens is 2. The number of aryl methyl sites for hydroxylation is 2. The third-order valence-corrected chi connectivity index (χ3v) is 4.82. The zero-order chi connectivity index (χ0) is 14.0. The van der Waals surface area contributed by atoms with Gasteiger partial charge >= 0.3 is 0 Å². The van der Waals surface area contributed by atoms with Gasteiger partial charge in [-0.05, 0) is 42.2 Å². The van der Waals surface area contributed by atoms with Crippen molar-refractivity contribution in [3.8, 4) is 0 Å². The van der Waals surface area contributed by atoms with Crippen molar-refractivity contribution in [2.24, 2.45) is 0 Å². The lowest BCUT2D eigenvalue weighted by atomic mass is 9.99. The molecule has 0 aliphatic rings. The van der Waals surface area contributed by atoms with Gasteiger partial charge in [0, 0.05) is 14.5 Å². The first-order valence-electron chi connectivity index (χ1n) is 6.25. The van der Waals surface area contributed by atoms with E-state index in [2.05, 4.69) is 50.9 Å². The van der Waals surface area contributed by atoms with Crippen LogP contribution < -0.4 is 0 Å². The van der Waals surface area contributed by atoms with Gasteiger partial charge in [-0.25, -0.2) is 0 Å². The van der Waals surface area contributed by atoms with Crippen LogP contribution in [0.4, 0.5) is 0 Å². The lowest BCUT2D eigenvalue weighted by Crippen LogP contribution is -2.01. The molecule has 0 aromatic heterocycles. The summed E-state index contributed by atoms with van der Waals surface area (Å²) in [4.78, 5) is 0. The molecule has 2 aromatic carbocycles. The maximum Gasteiger partial charge on any atom is 0.105 e. The Kier molecular flexibility index (Phi) is 4.82. The maximum atomic E-state index is 10.5. The highest BCUT2D eigenvalue weighted by molar-refractivity contribution is 9.11. The van der Waals surface area contributed by atoms with E-state index in [0.717, 1.165) is 32.1 Å². The van der Waals surface area contributed by atoms with E-state index in [-0.39, 0.29) is 0 Å². The Bertz CT molecular complexity index is 576. The average Bonchev–Trinajstić information content (AvgIpc) is 2.42. The summed E-state index contributed by atoms with van der Waals surface area (Å²) >= 11 is 7.04. The molecule has 0 radical (unpaired) electrons. The van der Waals surface area contributed by atoms with Gasteiger partial charge in [-0.3, -0.25) is 0 Å². The normalized spacial score (nSPS) is 12.5. The minimum atomic E-state index is -0.614. The largest absolute Gasteiger partial charge is 0.384 e. The summed E-state index contributed by atoms with van der Waals surface area (Å²) in [6.07, 6.45) is 0.396. The summed E-state index contributed by atoms with van der Waals surface area (Å²) in [5, 5.41) is 10.5. The van der Waals surface area contributed by atoms with Gasteiger partial charge in [-0.2, -0.15) is 0 Å². The number of rotatable bonds is 3. The van der Waals surface area contributed by atoms with Gasteiger partial charge in [-0.15, -0.1) is 0 Å². The molecule has 3 heteroatoms. The summed E-state index contributed by atoms with van der Waals surface area (Å²) < 4.78 is 1.94. The molecule has 0 spiro atoms. The molecule has 0 amide bonds. The molecule has 0 aliphatic carbocycles. The molecule has 19 heavy (non-hydrogen) atoms. The van der Waals surface area contributed by atoms with Crippen molar-refractivity contribution in [2.45, 2.75) is 26.4 Å². The Balaban J connectivity index is 2.37. The first-order valence-corrected chi connectivity index (χ1v) is 7.84. The Labute approximate surface area is 130 Å². The molecule has 0 saturated heterocycles. The molecule has 0 aliphatic heterocycles. The lowest BCUT2D eigenvalue weighted by molar-refractivity contribution is 0.219. The molecule has 1 N–H and O–H groups in total. The van der Waals surface area contributed by atoms with Gasteiger partial charge in [0.1, 0.15) is 6.10 Å². The van der Waals surface area contributed by atoms with Crippen LogP contribution in [-0.2, 0) is 6.42 Å². The Morgan fingerprint density at radius 2 is 1.68 bits per heavy atom. The van der Waals surface area contributed by atoms with E-state index in [1.807, 2.05) is 31.2 Å². The molecule has 100 valence electrons. The van der Waals surface area contributed by atoms with Crippen molar-refractivity contribution >= 4 is 31.9 Å². The number of hydrogen-bond donors (Lipinski definition) is 1. The van der Waals surface area contributed by atoms with Crippen LogP contribution in [0, 0.1) is 6.92 Å². The molecule has 1 nitrogen and oxygen atoms in total. The minimum Gasteiger partial charge on any atom is -0.384 e. The van der Waals surface area contributed by atoms with Gasteiger partial charge in [0.05, 0.1) is 0 Å². The zero-order valence-electron chi connectivity index (χ0n) is 11.0. The minimum absolute atomic E-state index is 0.614. The molecule has 1 atom stereocenters. The van der Waals surface area contributed by atoms with E-state index >= 15 is 0 Å². The average molecular weight is 384 g/mol. The van der Waals surface area contributed by atoms with Crippen molar-refractivity contribution in [3.05, 3.63) is 67.6 Å². The number of benzene rings is 2. The van der Waals surface area contributed by atoms with Crippen LogP contribution in [0.2, 0.25) is 0 Å². The van der Waals surface area contributed by atoms with E-state index < -0.39 is 6.10 Å². The molecule has 0 bridgehead atoms. The van der Waals surface area contributed by atoms with Crippen LogP contribution in [0.15, 0.2) is 45.3 Å². The fraction of sp³-hybridized carbons (Fsp3) is 0.250. The third-order valence-electron chi connectivity index (χ3n) is 3.28. The smallest absolute Gasteiger partial charge is 0.105 e. The summed E-state index contributed by atoms with van der Waals surface area (Å²) in [6.45, 7) is 4.15. The highest BCUT2D eigenvalue weighted by Crippen LogP contribution is 2.33. The van der Waals surface area contributed by atoms with Crippen molar-refractivity contribution < 1.29 is 5.11 Å². The van der Waals surface area contributed by atoms with Crippen molar-refractivity contribution in [2.75, 3.05) is 0 Å². The van der Waals surface area contributed by atoms with Crippen LogP contribution in [0.1, 0.15) is 35.3 Å². The van der Waals surface area contributed by atoms with Gasteiger partial charge in [0.25, 0.3) is 0 Å². The molecule has 2 aromatic rings. The van der Waals surface area contributed by atoms with Crippen LogP contribution in [0.5, 0.6) is 0 Å². The van der Waals surface area contributed by atoms with Crippen LogP contribution in [0.3, 0.4) is 0 Å². The standard InChI is InChI=1S/C16H16Br2O/c1-3-11-4-6-12(7-5-11)16(19)13-9-14(17)10(2)8-15(13)18/h4-9,16,19H,3H2,1-2H3. The summed E-state index contributed by atoms with van der Waals surface area (Å²) in [5.74, 6) is 0. The second-order valence-electron chi connectivity index (χ2n) is 4.62. The van der Waals surface area contributed by atoms with Gasteiger partial charge in [0.15, 0.2) is 0 Å². The SMILES string of the molecule is CCc1ccc(C(O)c2cc(Br)c(C)cc2Br)cc1. The summed E-state index contributed by atoms with van der Waals surface area (Å²) in [7, 11) is 0. The van der Waals surface area contributed by atoms with Crippen LogP contribution in [-0.4, -0.2) is 5.11 Å². The van der Waals surface area contributed by atoms with E-state index in [1.54, 1.807) is 0 Å². The highest BCUT2D eigenvalue weighted by atomic mass is 79.9. The fourth-order valence-corrected chi connectivity index (χ4v) is 3.02. The van der Waals surface area contributed by atoms with Gasteiger partial charge in [0.2, 0.25) is 0 Å². The highest BCUT2D eigenvalue weighted by Gasteiger charge is 2.15. The first-order chi connectivity index (χ1) is 9.02. The van der Waals surface area contributed by atoms with E-state index in [0.29, 0.717) is 0 Å². The molecule has 0 saturated carbocycles. The Morgan fingerprint density at radius 1 is 1.05 bits per heavy atom. The van der Waals surface area contributed by atoms with Crippen LogP contribution in [0.25, 0.3) is 0 Å². The van der Waals surface area contributed by atoms with Gasteiger partial charge < -0.3 is 5.11 Å². The molecular formula is C16H16Br2O. The molecular weight excluding hydrogens is 368 g/mol. The van der Waals surface area contributed by atoms with Gasteiger partial charge in [-0.1, -0.05) is 63.0 Å². The monoisotopic (exact) mass is 382 g/mol. The van der Waals surface area contributed by atoms with Crippen molar-refractivity contribution in [1.82, 2.24) is 0 Å². The molecule has 0 heterocycles. The molecule has 0 fully saturated rings. The lowest BCUT2D eigenvalue weighted by Gasteiger charge is -2.15. The Morgan fingerprint density at radius 3 is 2.26 bits per heavy atom. The third kappa shape index (κ3) is 3.28. The summed E-state index contributed by atoms with van der Waals surface area (Å²) in [6, 6.07) is 12.1. The second-order valence-corrected chi connectivity index (χ2v) is 6.33. The maximum absolute atomic E-state index is 10.5. The van der Waals surface area contributed by atoms with E-state index in [1.165, 1.54) is 5.56 Å². The number of hydrogen-bond acceptors (Lipinski definition) is 1. The topological polar surface area (TPSA) is 20.2 Å². The number of aliphatic hydroxyl groups is 1. The Hall–Kier alpha value is -0.640. The van der Waals surface area contributed by atoms with Crippen molar-refractivity contribution in [3.63, 3.8) is 0 Å². The molecule has 2 rings (SSSR count). The second kappa shape index (κ2) is 6.21. The predicted octanol–water partition coefficient (Wildman–Crippen LogP) is 5.16. The molecule has 1 unspecified atom stereocenters. The predicted molar refractivity (Wildman–Crippen MR) is 86.5 cm³/mol. The van der Waals surface area contributed by atoms with Crippen LogP contribution >= 0.6 is 31.9 Å². The quantitative estimate of drug-likeness (QED) is 0.775. The number of aliphatic hydroxyl groups excluding tert-OH is 1. The van der Waals surface area contributed by atoms with E-state index in [9.17, 15) is 5.11 Å². The van der Waals surface area contributed by atoms with Crippen molar-refractivity contribution in [1.29, 1.82) is 0 Å². The summed E-state index contributed by atoms with van der Waals surface area (Å²) in [5.41, 5.74) is 4.21. The zero-order valence-corrected chi connectivity index (χ0v) is 14.1.